The van der Waals surface area contributed by atoms with Gasteiger partial charge in [-0.2, -0.15) is 9.40 Å². The monoisotopic (exact) mass is 286 g/mol. The molecule has 0 spiro atoms. The third kappa shape index (κ3) is 2.54. The zero-order valence-electron chi connectivity index (χ0n) is 11.7. The van der Waals surface area contributed by atoms with Gasteiger partial charge in [0.1, 0.15) is 4.90 Å². The summed E-state index contributed by atoms with van der Waals surface area (Å²) >= 11 is 0. The van der Waals surface area contributed by atoms with Gasteiger partial charge in [-0.3, -0.25) is 5.10 Å². The van der Waals surface area contributed by atoms with Crippen LogP contribution in [0.15, 0.2) is 4.90 Å². The number of nitrogens with one attached hydrogen (secondary N) is 1. The Kier molecular flexibility index (Phi) is 3.98. The molecule has 0 amide bonds. The molecule has 1 fully saturated rings. The van der Waals surface area contributed by atoms with Crippen LogP contribution in [0.5, 0.6) is 0 Å². The third-order valence-electron chi connectivity index (χ3n) is 3.88. The second kappa shape index (κ2) is 5.22. The number of nitrogens with two attached hydrogens (primary N) is 1. The fraction of sp³-hybridized carbons (Fsp3) is 0.750. The minimum atomic E-state index is -3.49. The predicted molar refractivity (Wildman–Crippen MR) is 73.2 cm³/mol. The molecule has 1 aromatic rings. The summed E-state index contributed by atoms with van der Waals surface area (Å²) in [6.45, 7) is 6.44. The van der Waals surface area contributed by atoms with Crippen LogP contribution in [0.1, 0.15) is 31.2 Å². The number of aromatic nitrogens is 2. The molecule has 1 aliphatic heterocycles. The third-order valence-corrected chi connectivity index (χ3v) is 6.13. The molecule has 1 aliphatic rings. The van der Waals surface area contributed by atoms with Crippen molar-refractivity contribution in [3.63, 3.8) is 0 Å². The van der Waals surface area contributed by atoms with Crippen molar-refractivity contribution in [2.45, 2.75) is 44.6 Å². The summed E-state index contributed by atoms with van der Waals surface area (Å²) < 4.78 is 27.2. The fourth-order valence-corrected chi connectivity index (χ4v) is 4.78. The van der Waals surface area contributed by atoms with Crippen molar-refractivity contribution in [3.8, 4) is 0 Å². The standard InChI is InChI=1S/C12H22N4O2S/c1-8-4-5-11(6-13)7-16(8)19(17,18)12-9(2)14-15-10(12)3/h8,11H,4-7,13H2,1-3H3,(H,14,15). The van der Waals surface area contributed by atoms with Gasteiger partial charge in [0.2, 0.25) is 10.0 Å². The first-order valence-corrected chi connectivity index (χ1v) is 8.05. The average molecular weight is 286 g/mol. The predicted octanol–water partition coefficient (Wildman–Crippen LogP) is 0.774. The maximum absolute atomic E-state index is 12.8. The van der Waals surface area contributed by atoms with Crippen molar-refractivity contribution >= 4 is 10.0 Å². The molecular weight excluding hydrogens is 264 g/mol. The summed E-state index contributed by atoms with van der Waals surface area (Å²) in [7, 11) is -3.49. The molecule has 2 heterocycles. The van der Waals surface area contributed by atoms with Gasteiger partial charge in [0.05, 0.1) is 11.4 Å². The minimum absolute atomic E-state index is 0.0153. The van der Waals surface area contributed by atoms with Gasteiger partial charge in [-0.1, -0.05) is 0 Å². The van der Waals surface area contributed by atoms with Crippen LogP contribution < -0.4 is 5.73 Å². The number of hydrogen-bond donors (Lipinski definition) is 2. The number of rotatable bonds is 3. The highest BCUT2D eigenvalue weighted by Crippen LogP contribution is 2.29. The van der Waals surface area contributed by atoms with Crippen molar-refractivity contribution < 1.29 is 8.42 Å². The van der Waals surface area contributed by atoms with Gasteiger partial charge < -0.3 is 5.73 Å². The SMILES string of the molecule is Cc1n[nH]c(C)c1S(=O)(=O)N1CC(CN)CCC1C. The van der Waals surface area contributed by atoms with E-state index < -0.39 is 10.0 Å². The number of H-pyrrole nitrogens is 1. The van der Waals surface area contributed by atoms with E-state index in [1.165, 1.54) is 0 Å². The van der Waals surface area contributed by atoms with Crippen LogP contribution in [0, 0.1) is 19.8 Å². The highest BCUT2D eigenvalue weighted by molar-refractivity contribution is 7.89. The average Bonchev–Trinajstić information content (AvgIpc) is 2.70. The van der Waals surface area contributed by atoms with Gasteiger partial charge in [0, 0.05) is 12.6 Å². The molecule has 2 rings (SSSR count). The molecule has 0 radical (unpaired) electrons. The molecular formula is C12H22N4O2S. The van der Waals surface area contributed by atoms with Crippen LogP contribution in [-0.2, 0) is 10.0 Å². The van der Waals surface area contributed by atoms with Crippen LogP contribution in [0.25, 0.3) is 0 Å². The van der Waals surface area contributed by atoms with Gasteiger partial charge in [-0.05, 0) is 46.1 Å². The summed E-state index contributed by atoms with van der Waals surface area (Å²) in [6.07, 6.45) is 1.85. The fourth-order valence-electron chi connectivity index (χ4n) is 2.71. The van der Waals surface area contributed by atoms with E-state index >= 15 is 0 Å². The first kappa shape index (κ1) is 14.5. The lowest BCUT2D eigenvalue weighted by Crippen LogP contribution is -2.47. The lowest BCUT2D eigenvalue weighted by Gasteiger charge is -2.36. The molecule has 0 aliphatic carbocycles. The lowest BCUT2D eigenvalue weighted by atomic mass is 9.96. The molecule has 0 bridgehead atoms. The van der Waals surface area contributed by atoms with Gasteiger partial charge in [-0.15, -0.1) is 0 Å². The zero-order chi connectivity index (χ0) is 14.2. The minimum Gasteiger partial charge on any atom is -0.330 e. The van der Waals surface area contributed by atoms with Crippen LogP contribution in [0.4, 0.5) is 0 Å². The van der Waals surface area contributed by atoms with Crippen molar-refractivity contribution in [2.24, 2.45) is 11.7 Å². The van der Waals surface area contributed by atoms with Crippen LogP contribution in [0.3, 0.4) is 0 Å². The Hall–Kier alpha value is -0.920. The molecule has 108 valence electrons. The van der Waals surface area contributed by atoms with Gasteiger partial charge in [0.15, 0.2) is 0 Å². The molecule has 19 heavy (non-hydrogen) atoms. The van der Waals surface area contributed by atoms with Crippen molar-refractivity contribution in [1.82, 2.24) is 14.5 Å². The zero-order valence-corrected chi connectivity index (χ0v) is 12.5. The van der Waals surface area contributed by atoms with E-state index in [9.17, 15) is 8.42 Å². The molecule has 2 atom stereocenters. The van der Waals surface area contributed by atoms with E-state index in [4.69, 9.17) is 5.73 Å². The van der Waals surface area contributed by atoms with E-state index in [1.54, 1.807) is 18.2 Å². The Morgan fingerprint density at radius 1 is 1.42 bits per heavy atom. The van der Waals surface area contributed by atoms with E-state index in [2.05, 4.69) is 10.2 Å². The quantitative estimate of drug-likeness (QED) is 0.858. The number of piperidine rings is 1. The molecule has 1 saturated heterocycles. The summed E-state index contributed by atoms with van der Waals surface area (Å²) in [5, 5.41) is 6.73. The Bertz CT molecular complexity index is 533. The molecule has 2 unspecified atom stereocenters. The normalized spacial score (nSPS) is 25.7. The first-order chi connectivity index (χ1) is 8.87. The van der Waals surface area contributed by atoms with Gasteiger partial charge >= 0.3 is 0 Å². The highest BCUT2D eigenvalue weighted by Gasteiger charge is 2.36. The Morgan fingerprint density at radius 2 is 2.11 bits per heavy atom. The summed E-state index contributed by atoms with van der Waals surface area (Å²) in [5.41, 5.74) is 6.82. The summed E-state index contributed by atoms with van der Waals surface area (Å²) in [5.74, 6) is 0.249. The van der Waals surface area contributed by atoms with E-state index in [0.717, 1.165) is 12.8 Å². The van der Waals surface area contributed by atoms with Gasteiger partial charge in [0.25, 0.3) is 0 Å². The van der Waals surface area contributed by atoms with Crippen LogP contribution >= 0.6 is 0 Å². The first-order valence-electron chi connectivity index (χ1n) is 6.61. The largest absolute Gasteiger partial charge is 0.330 e. The molecule has 1 aromatic heterocycles. The number of aryl methyl sites for hydroxylation is 2. The molecule has 0 saturated carbocycles. The number of aromatic amines is 1. The second-order valence-electron chi connectivity index (χ2n) is 5.37. The van der Waals surface area contributed by atoms with Crippen molar-refractivity contribution in [2.75, 3.05) is 13.1 Å². The van der Waals surface area contributed by atoms with E-state index in [-0.39, 0.29) is 12.0 Å². The van der Waals surface area contributed by atoms with E-state index in [1.807, 2.05) is 6.92 Å². The second-order valence-corrected chi connectivity index (χ2v) is 7.19. The van der Waals surface area contributed by atoms with E-state index in [0.29, 0.717) is 29.4 Å². The maximum atomic E-state index is 12.8. The Labute approximate surface area is 114 Å². The number of nitrogens with zero attached hydrogens (tertiary/aromatic N) is 2. The molecule has 3 N–H and O–H groups in total. The Morgan fingerprint density at radius 3 is 2.63 bits per heavy atom. The van der Waals surface area contributed by atoms with Gasteiger partial charge in [-0.25, -0.2) is 8.42 Å². The van der Waals surface area contributed by atoms with Crippen LogP contribution in [0.2, 0.25) is 0 Å². The van der Waals surface area contributed by atoms with Crippen molar-refractivity contribution in [3.05, 3.63) is 11.4 Å². The lowest BCUT2D eigenvalue weighted by molar-refractivity contribution is 0.211. The van der Waals surface area contributed by atoms with Crippen molar-refractivity contribution in [1.29, 1.82) is 0 Å². The van der Waals surface area contributed by atoms with Crippen LogP contribution in [-0.4, -0.2) is 42.1 Å². The molecule has 0 aromatic carbocycles. The molecule has 7 heteroatoms. The highest BCUT2D eigenvalue weighted by atomic mass is 32.2. The number of sulfonamides is 1. The number of hydrogen-bond acceptors (Lipinski definition) is 4. The molecule has 6 nitrogen and oxygen atoms in total. The maximum Gasteiger partial charge on any atom is 0.246 e. The topological polar surface area (TPSA) is 92.1 Å². The Balaban J connectivity index is 2.38. The summed E-state index contributed by atoms with van der Waals surface area (Å²) in [4.78, 5) is 0.317. The summed E-state index contributed by atoms with van der Waals surface area (Å²) in [6, 6.07) is 0.0153. The smallest absolute Gasteiger partial charge is 0.246 e.